The van der Waals surface area contributed by atoms with Crippen molar-refractivity contribution < 1.29 is 8.91 Å². The Hall–Kier alpha value is -1.75. The average molecular weight is 277 g/mol. The van der Waals surface area contributed by atoms with E-state index in [0.717, 1.165) is 11.1 Å². The maximum absolute atomic E-state index is 13.1. The predicted molar refractivity (Wildman–Crippen MR) is 75.7 cm³/mol. The van der Waals surface area contributed by atoms with Gasteiger partial charge >= 0.3 is 0 Å². The van der Waals surface area contributed by atoms with Crippen LogP contribution in [0, 0.1) is 12.7 Å². The maximum atomic E-state index is 13.1. The second-order valence-corrected chi connectivity index (χ2v) is 6.23. The highest BCUT2D eigenvalue weighted by Crippen LogP contribution is 2.33. The van der Waals surface area contributed by atoms with E-state index in [4.69, 9.17) is 10.3 Å². The largest absolute Gasteiger partial charge is 0.338 e. The summed E-state index contributed by atoms with van der Waals surface area (Å²) in [7, 11) is 0. The first kappa shape index (κ1) is 14.7. The normalized spacial score (nSPS) is 12.8. The third kappa shape index (κ3) is 2.45. The van der Waals surface area contributed by atoms with Gasteiger partial charge in [-0.3, -0.25) is 0 Å². The first-order valence-electron chi connectivity index (χ1n) is 6.52. The molecule has 108 valence electrons. The van der Waals surface area contributed by atoms with Crippen LogP contribution in [0.3, 0.4) is 0 Å². The Bertz CT molecular complexity index is 626. The molecule has 0 aliphatic heterocycles. The summed E-state index contributed by atoms with van der Waals surface area (Å²) in [6, 6.07) is 4.49. The number of hydrogen-bond donors (Lipinski definition) is 1. The van der Waals surface area contributed by atoms with Gasteiger partial charge in [-0.15, -0.1) is 0 Å². The van der Waals surface area contributed by atoms with Crippen molar-refractivity contribution in [2.45, 2.75) is 45.6 Å². The lowest BCUT2D eigenvalue weighted by Gasteiger charge is -2.34. The number of hydrogen-bond acceptors (Lipinski definition) is 4. The fourth-order valence-electron chi connectivity index (χ4n) is 1.74. The molecule has 0 saturated carbocycles. The van der Waals surface area contributed by atoms with Gasteiger partial charge in [0, 0.05) is 11.1 Å². The zero-order chi connectivity index (χ0) is 15.1. The number of aromatic nitrogens is 2. The molecule has 0 amide bonds. The van der Waals surface area contributed by atoms with E-state index in [0.29, 0.717) is 11.7 Å². The molecule has 1 aromatic carbocycles. The Kier molecular flexibility index (Phi) is 3.42. The fourth-order valence-corrected chi connectivity index (χ4v) is 1.74. The smallest absolute Gasteiger partial charge is 0.234 e. The minimum Gasteiger partial charge on any atom is -0.338 e. The van der Waals surface area contributed by atoms with E-state index in [1.54, 1.807) is 6.07 Å². The van der Waals surface area contributed by atoms with Crippen molar-refractivity contribution >= 4 is 0 Å². The van der Waals surface area contributed by atoms with Crippen LogP contribution in [0.2, 0.25) is 0 Å². The van der Waals surface area contributed by atoms with Gasteiger partial charge in [0.05, 0.1) is 5.41 Å². The van der Waals surface area contributed by atoms with E-state index >= 15 is 0 Å². The molecule has 1 aromatic heterocycles. The summed E-state index contributed by atoms with van der Waals surface area (Å²) >= 11 is 0. The summed E-state index contributed by atoms with van der Waals surface area (Å²) in [6.45, 7) is 9.57. The highest BCUT2D eigenvalue weighted by molar-refractivity contribution is 5.59. The SMILES string of the molecule is Cc1cc(F)ccc1-c1noc(C(C)(C)C(C)(C)N)n1. The van der Waals surface area contributed by atoms with E-state index in [2.05, 4.69) is 10.1 Å². The minimum absolute atomic E-state index is 0.279. The molecule has 4 nitrogen and oxygen atoms in total. The van der Waals surface area contributed by atoms with E-state index in [1.165, 1.54) is 12.1 Å². The van der Waals surface area contributed by atoms with Crippen molar-refractivity contribution in [3.05, 3.63) is 35.5 Å². The second-order valence-electron chi connectivity index (χ2n) is 6.23. The van der Waals surface area contributed by atoms with Gasteiger partial charge in [-0.25, -0.2) is 4.39 Å². The lowest BCUT2D eigenvalue weighted by Crippen LogP contribution is -2.50. The third-order valence-electron chi connectivity index (χ3n) is 4.00. The van der Waals surface area contributed by atoms with Crippen molar-refractivity contribution in [3.8, 4) is 11.4 Å². The van der Waals surface area contributed by atoms with Crippen LogP contribution < -0.4 is 5.73 Å². The Morgan fingerprint density at radius 2 is 1.85 bits per heavy atom. The van der Waals surface area contributed by atoms with E-state index < -0.39 is 11.0 Å². The molecule has 0 bridgehead atoms. The lowest BCUT2D eigenvalue weighted by molar-refractivity contribution is 0.223. The summed E-state index contributed by atoms with van der Waals surface area (Å²) in [5.74, 6) is 0.650. The molecule has 2 rings (SSSR count). The van der Waals surface area contributed by atoms with Gasteiger partial charge in [0.15, 0.2) is 0 Å². The van der Waals surface area contributed by atoms with E-state index in [9.17, 15) is 4.39 Å². The predicted octanol–water partition coefficient (Wildman–Crippen LogP) is 3.20. The first-order valence-corrected chi connectivity index (χ1v) is 6.52. The van der Waals surface area contributed by atoms with Crippen LogP contribution in [0.5, 0.6) is 0 Å². The van der Waals surface area contributed by atoms with Gasteiger partial charge in [-0.2, -0.15) is 4.98 Å². The number of benzene rings is 1. The number of aryl methyl sites for hydroxylation is 1. The number of rotatable bonds is 3. The number of nitrogens with two attached hydrogens (primary N) is 1. The topological polar surface area (TPSA) is 64.9 Å². The van der Waals surface area contributed by atoms with Crippen LogP contribution in [0.4, 0.5) is 4.39 Å². The van der Waals surface area contributed by atoms with Crippen molar-refractivity contribution in [1.82, 2.24) is 10.1 Å². The van der Waals surface area contributed by atoms with Crippen LogP contribution in [0.1, 0.15) is 39.1 Å². The number of nitrogens with zero attached hydrogens (tertiary/aromatic N) is 2. The van der Waals surface area contributed by atoms with Crippen LogP contribution in [0.25, 0.3) is 11.4 Å². The summed E-state index contributed by atoms with van der Waals surface area (Å²) in [4.78, 5) is 4.43. The number of halogens is 1. The lowest BCUT2D eigenvalue weighted by atomic mass is 9.75. The molecule has 0 saturated heterocycles. The van der Waals surface area contributed by atoms with E-state index in [1.807, 2.05) is 34.6 Å². The molecule has 0 fully saturated rings. The molecule has 0 radical (unpaired) electrons. The van der Waals surface area contributed by atoms with Crippen LogP contribution in [-0.4, -0.2) is 15.7 Å². The highest BCUT2D eigenvalue weighted by Gasteiger charge is 2.40. The zero-order valence-electron chi connectivity index (χ0n) is 12.5. The summed E-state index contributed by atoms with van der Waals surface area (Å²) < 4.78 is 18.5. The molecule has 0 spiro atoms. The maximum Gasteiger partial charge on any atom is 0.234 e. The average Bonchev–Trinajstić information content (AvgIpc) is 2.77. The summed E-state index contributed by atoms with van der Waals surface area (Å²) in [6.07, 6.45) is 0. The molecule has 0 aliphatic rings. The molecule has 5 heteroatoms. The Labute approximate surface area is 118 Å². The van der Waals surface area contributed by atoms with Crippen molar-refractivity contribution in [1.29, 1.82) is 0 Å². The quantitative estimate of drug-likeness (QED) is 0.935. The molecule has 1 heterocycles. The molecule has 0 aliphatic carbocycles. The first-order chi connectivity index (χ1) is 9.13. The van der Waals surface area contributed by atoms with Crippen molar-refractivity contribution in [2.75, 3.05) is 0 Å². The van der Waals surface area contributed by atoms with Crippen LogP contribution in [-0.2, 0) is 5.41 Å². The standard InChI is InChI=1S/C15H20FN3O/c1-9-8-10(16)6-7-11(9)12-18-13(20-19-12)14(2,3)15(4,5)17/h6-8H,17H2,1-5H3. The molecule has 2 aromatic rings. The third-order valence-corrected chi connectivity index (χ3v) is 4.00. The van der Waals surface area contributed by atoms with Gasteiger partial charge in [0.2, 0.25) is 11.7 Å². The van der Waals surface area contributed by atoms with Crippen LogP contribution >= 0.6 is 0 Å². The molecule has 0 unspecified atom stereocenters. The van der Waals surface area contributed by atoms with Gasteiger partial charge in [0.25, 0.3) is 0 Å². The molecule has 20 heavy (non-hydrogen) atoms. The summed E-state index contributed by atoms with van der Waals surface area (Å²) in [5, 5.41) is 3.99. The zero-order valence-corrected chi connectivity index (χ0v) is 12.5. The van der Waals surface area contributed by atoms with Gasteiger partial charge < -0.3 is 10.3 Å². The Balaban J connectivity index is 2.44. The molecular formula is C15H20FN3O. The molecular weight excluding hydrogens is 257 g/mol. The Morgan fingerprint density at radius 1 is 1.20 bits per heavy atom. The van der Waals surface area contributed by atoms with Crippen LogP contribution in [0.15, 0.2) is 22.7 Å². The highest BCUT2D eigenvalue weighted by atomic mass is 19.1. The molecule has 2 N–H and O–H groups in total. The monoisotopic (exact) mass is 277 g/mol. The van der Waals surface area contributed by atoms with Crippen molar-refractivity contribution in [3.63, 3.8) is 0 Å². The fraction of sp³-hybridized carbons (Fsp3) is 0.467. The minimum atomic E-state index is -0.505. The molecule has 0 atom stereocenters. The van der Waals surface area contributed by atoms with Gasteiger partial charge in [-0.1, -0.05) is 5.16 Å². The Morgan fingerprint density at radius 3 is 2.40 bits per heavy atom. The van der Waals surface area contributed by atoms with Gasteiger partial charge in [0.1, 0.15) is 5.82 Å². The van der Waals surface area contributed by atoms with Gasteiger partial charge in [-0.05, 0) is 58.4 Å². The summed E-state index contributed by atoms with van der Waals surface area (Å²) in [5.41, 5.74) is 6.72. The second kappa shape index (κ2) is 4.66. The van der Waals surface area contributed by atoms with Crippen molar-refractivity contribution in [2.24, 2.45) is 5.73 Å². The van der Waals surface area contributed by atoms with E-state index in [-0.39, 0.29) is 5.82 Å².